The maximum atomic E-state index is 12.5. The van der Waals surface area contributed by atoms with E-state index in [1.807, 2.05) is 42.2 Å². The number of rotatable bonds is 3. The topological polar surface area (TPSA) is 85.2 Å². The summed E-state index contributed by atoms with van der Waals surface area (Å²) >= 11 is 0. The molecule has 1 aromatic carbocycles. The molecule has 1 amide bonds. The van der Waals surface area contributed by atoms with E-state index in [1.54, 1.807) is 0 Å². The molecule has 1 unspecified atom stereocenters. The first-order valence-electron chi connectivity index (χ1n) is 7.54. The molecule has 1 saturated heterocycles. The normalized spacial score (nSPS) is 17.5. The Morgan fingerprint density at radius 2 is 2.00 bits per heavy atom. The Labute approximate surface area is 129 Å². The first-order chi connectivity index (χ1) is 10.6. The number of hydrogen-bond donors (Lipinski definition) is 1. The van der Waals surface area contributed by atoms with Gasteiger partial charge in [-0.15, -0.1) is 0 Å². The minimum absolute atomic E-state index is 0.0219. The van der Waals surface area contributed by atoms with Gasteiger partial charge in [0.05, 0.1) is 0 Å². The lowest BCUT2D eigenvalue weighted by Crippen LogP contribution is -2.43. The zero-order valence-electron chi connectivity index (χ0n) is 12.6. The van der Waals surface area contributed by atoms with Crippen molar-refractivity contribution in [1.82, 2.24) is 15.0 Å². The van der Waals surface area contributed by atoms with Crippen LogP contribution >= 0.6 is 0 Å². The third kappa shape index (κ3) is 3.01. The van der Waals surface area contributed by atoms with E-state index in [0.717, 1.165) is 18.4 Å². The summed E-state index contributed by atoms with van der Waals surface area (Å²) in [5.74, 6) is 1.54. The predicted molar refractivity (Wildman–Crippen MR) is 81.0 cm³/mol. The van der Waals surface area contributed by atoms with Crippen molar-refractivity contribution in [3.63, 3.8) is 0 Å². The monoisotopic (exact) mass is 300 g/mol. The molecule has 6 heteroatoms. The average Bonchev–Trinajstić information content (AvgIpc) is 3.01. The SMILES string of the molecule is Cc1noc(C2CCN(C(=O)C(N)c3ccccc3)CC2)n1. The highest BCUT2D eigenvalue weighted by Crippen LogP contribution is 2.27. The van der Waals surface area contributed by atoms with Crippen LogP contribution < -0.4 is 5.73 Å². The standard InChI is InChI=1S/C16H20N4O2/c1-11-18-15(22-19-11)13-7-9-20(10-8-13)16(21)14(17)12-5-3-2-4-6-12/h2-6,13-14H,7-10,17H2,1H3. The first-order valence-corrected chi connectivity index (χ1v) is 7.54. The van der Waals surface area contributed by atoms with Crippen molar-refractivity contribution < 1.29 is 9.32 Å². The molecule has 0 aliphatic carbocycles. The van der Waals surface area contributed by atoms with Crippen LogP contribution in [-0.4, -0.2) is 34.0 Å². The molecular weight excluding hydrogens is 280 g/mol. The molecule has 1 atom stereocenters. The van der Waals surface area contributed by atoms with Gasteiger partial charge in [0.2, 0.25) is 11.8 Å². The summed E-state index contributed by atoms with van der Waals surface area (Å²) < 4.78 is 5.23. The number of nitrogens with two attached hydrogens (primary N) is 1. The quantitative estimate of drug-likeness (QED) is 0.934. The predicted octanol–water partition coefficient (Wildman–Crippen LogP) is 1.78. The summed E-state index contributed by atoms with van der Waals surface area (Å²) in [5.41, 5.74) is 6.94. The summed E-state index contributed by atoms with van der Waals surface area (Å²) in [6, 6.07) is 8.88. The maximum Gasteiger partial charge on any atom is 0.244 e. The molecule has 2 heterocycles. The van der Waals surface area contributed by atoms with Crippen LogP contribution in [0.5, 0.6) is 0 Å². The third-order valence-electron chi connectivity index (χ3n) is 4.12. The number of nitrogens with zero attached hydrogens (tertiary/aromatic N) is 3. The molecular formula is C16H20N4O2. The Bertz CT molecular complexity index is 633. The van der Waals surface area contributed by atoms with Crippen molar-refractivity contribution in [2.24, 2.45) is 5.73 Å². The molecule has 3 rings (SSSR count). The van der Waals surface area contributed by atoms with Gasteiger partial charge >= 0.3 is 0 Å². The second-order valence-corrected chi connectivity index (χ2v) is 5.67. The van der Waals surface area contributed by atoms with Gasteiger partial charge in [0.15, 0.2) is 5.82 Å². The minimum Gasteiger partial charge on any atom is -0.341 e. The number of amides is 1. The highest BCUT2D eigenvalue weighted by atomic mass is 16.5. The van der Waals surface area contributed by atoms with Crippen molar-refractivity contribution in [3.05, 3.63) is 47.6 Å². The smallest absolute Gasteiger partial charge is 0.244 e. The van der Waals surface area contributed by atoms with Crippen molar-refractivity contribution in [1.29, 1.82) is 0 Å². The number of piperidine rings is 1. The Morgan fingerprint density at radius 1 is 1.32 bits per heavy atom. The lowest BCUT2D eigenvalue weighted by atomic mass is 9.95. The summed E-state index contributed by atoms with van der Waals surface area (Å²) in [6.45, 7) is 3.15. The number of benzene rings is 1. The van der Waals surface area contributed by atoms with Crippen molar-refractivity contribution in [2.75, 3.05) is 13.1 Å². The van der Waals surface area contributed by atoms with Crippen molar-refractivity contribution >= 4 is 5.91 Å². The number of aromatic nitrogens is 2. The Balaban J connectivity index is 1.60. The van der Waals surface area contributed by atoms with Crippen LogP contribution in [0.4, 0.5) is 0 Å². The molecule has 6 nitrogen and oxygen atoms in total. The van der Waals surface area contributed by atoms with Gasteiger partial charge < -0.3 is 15.2 Å². The van der Waals surface area contributed by atoms with Crippen LogP contribution in [0.3, 0.4) is 0 Å². The minimum atomic E-state index is -0.594. The third-order valence-corrected chi connectivity index (χ3v) is 4.12. The molecule has 1 aromatic heterocycles. The van der Waals surface area contributed by atoms with Crippen LogP contribution in [0.25, 0.3) is 0 Å². The van der Waals surface area contributed by atoms with Crippen LogP contribution in [0.2, 0.25) is 0 Å². The maximum absolute atomic E-state index is 12.5. The number of carbonyl (C=O) groups is 1. The second kappa shape index (κ2) is 6.27. The highest BCUT2D eigenvalue weighted by Gasteiger charge is 2.29. The Kier molecular flexibility index (Phi) is 4.20. The fourth-order valence-electron chi connectivity index (χ4n) is 2.83. The number of aryl methyl sites for hydroxylation is 1. The average molecular weight is 300 g/mol. The van der Waals surface area contributed by atoms with Crippen LogP contribution in [0.1, 0.15) is 42.1 Å². The van der Waals surface area contributed by atoms with Crippen LogP contribution in [0.15, 0.2) is 34.9 Å². The molecule has 0 radical (unpaired) electrons. The molecule has 0 saturated carbocycles. The molecule has 116 valence electrons. The Hall–Kier alpha value is -2.21. The molecule has 22 heavy (non-hydrogen) atoms. The number of likely N-dealkylation sites (tertiary alicyclic amines) is 1. The van der Waals surface area contributed by atoms with E-state index in [4.69, 9.17) is 10.3 Å². The second-order valence-electron chi connectivity index (χ2n) is 5.67. The van der Waals surface area contributed by atoms with Gasteiger partial charge in [0.1, 0.15) is 6.04 Å². The van der Waals surface area contributed by atoms with Gasteiger partial charge in [-0.3, -0.25) is 4.79 Å². The molecule has 0 spiro atoms. The van der Waals surface area contributed by atoms with Gasteiger partial charge in [0, 0.05) is 19.0 Å². The summed E-state index contributed by atoms with van der Waals surface area (Å²) in [6.07, 6.45) is 1.66. The van der Waals surface area contributed by atoms with Gasteiger partial charge in [0.25, 0.3) is 0 Å². The van der Waals surface area contributed by atoms with Gasteiger partial charge in [-0.25, -0.2) is 0 Å². The molecule has 2 N–H and O–H groups in total. The van der Waals surface area contributed by atoms with E-state index >= 15 is 0 Å². The number of carbonyl (C=O) groups excluding carboxylic acids is 1. The van der Waals surface area contributed by atoms with E-state index in [9.17, 15) is 4.79 Å². The van der Waals surface area contributed by atoms with Gasteiger partial charge in [-0.05, 0) is 25.3 Å². The van der Waals surface area contributed by atoms with E-state index in [-0.39, 0.29) is 11.8 Å². The van der Waals surface area contributed by atoms with E-state index in [1.165, 1.54) is 0 Å². The first kappa shape index (κ1) is 14.7. The van der Waals surface area contributed by atoms with Crippen molar-refractivity contribution in [2.45, 2.75) is 31.7 Å². The molecule has 1 aliphatic rings. The van der Waals surface area contributed by atoms with Crippen molar-refractivity contribution in [3.8, 4) is 0 Å². The zero-order valence-corrected chi connectivity index (χ0v) is 12.6. The summed E-state index contributed by atoms with van der Waals surface area (Å²) in [7, 11) is 0. The van der Waals surface area contributed by atoms with E-state index < -0.39 is 6.04 Å². The van der Waals surface area contributed by atoms with E-state index in [0.29, 0.717) is 24.8 Å². The largest absolute Gasteiger partial charge is 0.341 e. The molecule has 2 aromatic rings. The van der Waals surface area contributed by atoms with Crippen LogP contribution in [0, 0.1) is 6.92 Å². The molecule has 1 fully saturated rings. The van der Waals surface area contributed by atoms with E-state index in [2.05, 4.69) is 10.1 Å². The zero-order chi connectivity index (χ0) is 15.5. The lowest BCUT2D eigenvalue weighted by molar-refractivity contribution is -0.133. The van der Waals surface area contributed by atoms with Gasteiger partial charge in [-0.2, -0.15) is 4.98 Å². The fraction of sp³-hybridized carbons (Fsp3) is 0.438. The van der Waals surface area contributed by atoms with Crippen LogP contribution in [-0.2, 0) is 4.79 Å². The fourth-order valence-corrected chi connectivity index (χ4v) is 2.83. The molecule has 1 aliphatic heterocycles. The molecule has 0 bridgehead atoms. The highest BCUT2D eigenvalue weighted by molar-refractivity contribution is 5.83. The summed E-state index contributed by atoms with van der Waals surface area (Å²) in [4.78, 5) is 18.6. The number of hydrogen-bond acceptors (Lipinski definition) is 5. The Morgan fingerprint density at radius 3 is 2.59 bits per heavy atom. The summed E-state index contributed by atoms with van der Waals surface area (Å²) in [5, 5.41) is 3.83. The lowest BCUT2D eigenvalue weighted by Gasteiger charge is -2.32. The van der Waals surface area contributed by atoms with Gasteiger partial charge in [-0.1, -0.05) is 35.5 Å².